The first kappa shape index (κ1) is 18.8. The molecule has 0 aliphatic rings. The Morgan fingerprint density at radius 2 is 1.75 bits per heavy atom. The summed E-state index contributed by atoms with van der Waals surface area (Å²) >= 11 is 1.69. The predicted molar refractivity (Wildman–Crippen MR) is 90.0 cm³/mol. The number of aromatic nitrogens is 1. The van der Waals surface area contributed by atoms with Gasteiger partial charge in [-0.25, -0.2) is 4.98 Å². The summed E-state index contributed by atoms with van der Waals surface area (Å²) in [7, 11) is 0. The number of thiazole rings is 1. The maximum atomic E-state index is 5.51. The Hall–Kier alpha value is -1.23. The Bertz CT molecular complexity index is 440. The normalized spacial score (nSPS) is 10.7. The molecular weight excluding hydrogens is 266 g/mol. The van der Waals surface area contributed by atoms with Crippen molar-refractivity contribution in [2.75, 3.05) is 6.54 Å². The number of hydrogen-bond acceptors (Lipinski definition) is 4. The van der Waals surface area contributed by atoms with Crippen LogP contribution in [0, 0.1) is 6.92 Å². The summed E-state index contributed by atoms with van der Waals surface area (Å²) in [5.41, 5.74) is 15.0. The van der Waals surface area contributed by atoms with E-state index in [9.17, 15) is 0 Å². The maximum absolute atomic E-state index is 5.51. The van der Waals surface area contributed by atoms with E-state index < -0.39 is 0 Å². The zero-order chi connectivity index (χ0) is 15.4. The van der Waals surface area contributed by atoms with Gasteiger partial charge in [-0.05, 0) is 19.0 Å². The third-order valence-corrected chi connectivity index (χ3v) is 3.82. The van der Waals surface area contributed by atoms with Crippen LogP contribution in [0.15, 0.2) is 35.8 Å². The zero-order valence-corrected chi connectivity index (χ0v) is 13.8. The second-order valence-corrected chi connectivity index (χ2v) is 5.01. The molecule has 1 aromatic carbocycles. The molecule has 0 saturated heterocycles. The van der Waals surface area contributed by atoms with Crippen molar-refractivity contribution in [2.24, 2.45) is 11.5 Å². The summed E-state index contributed by atoms with van der Waals surface area (Å²) in [5, 5.41) is 0. The van der Waals surface area contributed by atoms with Crippen LogP contribution < -0.4 is 11.5 Å². The first-order chi connectivity index (χ1) is 9.69. The molecule has 4 heteroatoms. The molecule has 0 amide bonds. The van der Waals surface area contributed by atoms with Crippen molar-refractivity contribution in [3.05, 3.63) is 52.0 Å². The van der Waals surface area contributed by atoms with E-state index in [1.54, 1.807) is 11.3 Å². The minimum absolute atomic E-state index is 0.465. The van der Waals surface area contributed by atoms with Gasteiger partial charge >= 0.3 is 0 Å². The molecular formula is C16H27N3S. The summed E-state index contributed by atoms with van der Waals surface area (Å²) in [4.78, 5) is 5.47. The number of nitrogens with two attached hydrogens (primary N) is 2. The SMILES string of the molecule is CC.Cc1ncsc1C(C)CN.NCc1ccccc1. The molecule has 1 heterocycles. The smallest absolute Gasteiger partial charge is 0.0797 e. The highest BCUT2D eigenvalue weighted by atomic mass is 32.1. The average Bonchev–Trinajstić information content (AvgIpc) is 2.96. The molecule has 0 radical (unpaired) electrons. The van der Waals surface area contributed by atoms with Gasteiger partial charge in [-0.3, -0.25) is 0 Å². The van der Waals surface area contributed by atoms with Gasteiger partial charge in [0.05, 0.1) is 11.2 Å². The molecule has 0 saturated carbocycles. The average molecular weight is 293 g/mol. The largest absolute Gasteiger partial charge is 0.330 e. The lowest BCUT2D eigenvalue weighted by molar-refractivity contribution is 0.780. The fraction of sp³-hybridized carbons (Fsp3) is 0.438. The van der Waals surface area contributed by atoms with Gasteiger partial charge in [-0.15, -0.1) is 11.3 Å². The monoisotopic (exact) mass is 293 g/mol. The van der Waals surface area contributed by atoms with Gasteiger partial charge < -0.3 is 11.5 Å². The van der Waals surface area contributed by atoms with Gasteiger partial charge in [0, 0.05) is 17.3 Å². The number of aryl methyl sites for hydroxylation is 1. The maximum Gasteiger partial charge on any atom is 0.0797 e. The predicted octanol–water partition coefficient (Wildman–Crippen LogP) is 3.69. The molecule has 3 nitrogen and oxygen atoms in total. The minimum atomic E-state index is 0.465. The van der Waals surface area contributed by atoms with E-state index in [4.69, 9.17) is 11.5 Å². The summed E-state index contributed by atoms with van der Waals surface area (Å²) < 4.78 is 0. The van der Waals surface area contributed by atoms with Gasteiger partial charge in [-0.1, -0.05) is 51.1 Å². The Labute approximate surface area is 127 Å². The first-order valence-electron chi connectivity index (χ1n) is 7.03. The van der Waals surface area contributed by atoms with E-state index >= 15 is 0 Å². The van der Waals surface area contributed by atoms with Gasteiger partial charge in [0.25, 0.3) is 0 Å². The molecule has 0 aliphatic carbocycles. The molecule has 2 aromatic rings. The van der Waals surface area contributed by atoms with Crippen LogP contribution in [-0.4, -0.2) is 11.5 Å². The molecule has 1 unspecified atom stereocenters. The fourth-order valence-corrected chi connectivity index (χ4v) is 2.38. The van der Waals surface area contributed by atoms with Gasteiger partial charge in [0.2, 0.25) is 0 Å². The van der Waals surface area contributed by atoms with Crippen LogP contribution in [0.25, 0.3) is 0 Å². The molecule has 112 valence electrons. The number of benzene rings is 1. The van der Waals surface area contributed by atoms with Gasteiger partial charge in [0.1, 0.15) is 0 Å². The topological polar surface area (TPSA) is 64.9 Å². The third kappa shape index (κ3) is 6.80. The Morgan fingerprint density at radius 1 is 1.15 bits per heavy atom. The number of nitrogens with zero attached hydrogens (tertiary/aromatic N) is 1. The molecule has 0 bridgehead atoms. The van der Waals surface area contributed by atoms with Crippen LogP contribution in [0.4, 0.5) is 0 Å². The van der Waals surface area contributed by atoms with E-state index in [1.165, 1.54) is 10.4 Å². The lowest BCUT2D eigenvalue weighted by atomic mass is 10.1. The van der Waals surface area contributed by atoms with Crippen molar-refractivity contribution in [2.45, 2.75) is 40.2 Å². The quantitative estimate of drug-likeness (QED) is 0.907. The van der Waals surface area contributed by atoms with Crippen molar-refractivity contribution < 1.29 is 0 Å². The van der Waals surface area contributed by atoms with E-state index in [-0.39, 0.29) is 0 Å². The Kier molecular flexibility index (Phi) is 10.9. The third-order valence-electron chi connectivity index (χ3n) is 2.66. The van der Waals surface area contributed by atoms with Crippen molar-refractivity contribution in [3.63, 3.8) is 0 Å². The van der Waals surface area contributed by atoms with Crippen LogP contribution in [0.5, 0.6) is 0 Å². The molecule has 2 rings (SSSR count). The van der Waals surface area contributed by atoms with Gasteiger partial charge in [0.15, 0.2) is 0 Å². The summed E-state index contributed by atoms with van der Waals surface area (Å²) in [6.07, 6.45) is 0. The number of rotatable bonds is 3. The van der Waals surface area contributed by atoms with Crippen LogP contribution in [0.1, 0.15) is 42.8 Å². The molecule has 0 spiro atoms. The van der Waals surface area contributed by atoms with Gasteiger partial charge in [-0.2, -0.15) is 0 Å². The lowest BCUT2D eigenvalue weighted by Crippen LogP contribution is -2.08. The molecule has 1 aromatic heterocycles. The minimum Gasteiger partial charge on any atom is -0.330 e. The van der Waals surface area contributed by atoms with Crippen molar-refractivity contribution in [3.8, 4) is 0 Å². The van der Waals surface area contributed by atoms with E-state index in [1.807, 2.05) is 56.6 Å². The molecule has 20 heavy (non-hydrogen) atoms. The van der Waals surface area contributed by atoms with E-state index in [2.05, 4.69) is 11.9 Å². The van der Waals surface area contributed by atoms with Crippen molar-refractivity contribution in [1.29, 1.82) is 0 Å². The highest BCUT2D eigenvalue weighted by Crippen LogP contribution is 2.21. The second kappa shape index (κ2) is 11.6. The molecule has 0 aliphatic heterocycles. The highest BCUT2D eigenvalue weighted by molar-refractivity contribution is 7.09. The van der Waals surface area contributed by atoms with E-state index in [0.717, 1.165) is 5.69 Å². The summed E-state index contributed by atoms with van der Waals surface area (Å²) in [6, 6.07) is 9.99. The summed E-state index contributed by atoms with van der Waals surface area (Å²) in [5.74, 6) is 0.465. The van der Waals surface area contributed by atoms with E-state index in [0.29, 0.717) is 19.0 Å². The molecule has 0 fully saturated rings. The Balaban J connectivity index is 0.000000327. The zero-order valence-electron chi connectivity index (χ0n) is 13.0. The standard InChI is InChI=1S/C7H12N2S.C7H9N.C2H6/c1-5(3-8)7-6(2)9-4-10-7;8-6-7-4-2-1-3-5-7;1-2/h4-5H,3,8H2,1-2H3;1-5H,6,8H2;1-2H3. The van der Waals surface area contributed by atoms with Crippen molar-refractivity contribution >= 4 is 11.3 Å². The van der Waals surface area contributed by atoms with Crippen LogP contribution in [-0.2, 0) is 6.54 Å². The molecule has 1 atom stereocenters. The highest BCUT2D eigenvalue weighted by Gasteiger charge is 2.07. The molecule has 4 N–H and O–H groups in total. The summed E-state index contributed by atoms with van der Waals surface area (Å²) in [6.45, 7) is 9.50. The van der Waals surface area contributed by atoms with Crippen LogP contribution in [0.2, 0.25) is 0 Å². The fourth-order valence-electron chi connectivity index (χ4n) is 1.50. The number of hydrogen-bond donors (Lipinski definition) is 2. The second-order valence-electron chi connectivity index (χ2n) is 4.13. The first-order valence-corrected chi connectivity index (χ1v) is 7.91. The van der Waals surface area contributed by atoms with Crippen LogP contribution in [0.3, 0.4) is 0 Å². The van der Waals surface area contributed by atoms with Crippen LogP contribution >= 0.6 is 11.3 Å². The van der Waals surface area contributed by atoms with Crippen molar-refractivity contribution in [1.82, 2.24) is 4.98 Å². The lowest BCUT2D eigenvalue weighted by Gasteiger charge is -2.04. The Morgan fingerprint density at radius 3 is 2.10 bits per heavy atom.